The van der Waals surface area contributed by atoms with Crippen molar-refractivity contribution in [2.75, 3.05) is 14.2 Å². The topological polar surface area (TPSA) is 44.8 Å². The Balaban J connectivity index is 3.60. The van der Waals surface area contributed by atoms with Crippen molar-refractivity contribution in [1.82, 2.24) is 0 Å². The lowest BCUT2D eigenvalue weighted by Gasteiger charge is -1.99. The summed E-state index contributed by atoms with van der Waals surface area (Å²) in [6, 6.07) is 0. The quantitative estimate of drug-likeness (QED) is 0.239. The first-order valence-corrected chi connectivity index (χ1v) is 2.20. The zero-order chi connectivity index (χ0) is 7.28. The number of ether oxygens (including phenoxy) is 1. The van der Waals surface area contributed by atoms with Crippen LogP contribution in [0.4, 0.5) is 0 Å². The third-order valence-electron chi connectivity index (χ3n) is 0.633. The summed E-state index contributed by atoms with van der Waals surface area (Å²) < 4.78 is 4.42. The van der Waals surface area contributed by atoms with Gasteiger partial charge in [0.25, 0.3) is 0 Å². The van der Waals surface area contributed by atoms with Crippen molar-refractivity contribution in [3.8, 4) is 0 Å². The highest BCUT2D eigenvalue weighted by Gasteiger charge is 2.07. The molecular formula is C5H8O4. The Morgan fingerprint density at radius 3 is 2.33 bits per heavy atom. The van der Waals surface area contributed by atoms with E-state index in [1.807, 2.05) is 0 Å². The second-order valence-corrected chi connectivity index (χ2v) is 1.16. The van der Waals surface area contributed by atoms with Crippen molar-refractivity contribution in [3.63, 3.8) is 0 Å². The molecule has 4 heteroatoms. The third-order valence-corrected chi connectivity index (χ3v) is 0.633. The van der Waals surface area contributed by atoms with E-state index in [1.54, 1.807) is 0 Å². The summed E-state index contributed by atoms with van der Waals surface area (Å²) in [5.74, 6) is -0.808. The van der Waals surface area contributed by atoms with E-state index in [-0.39, 0.29) is 5.76 Å². The molecule has 0 saturated carbocycles. The Bertz CT molecular complexity index is 118. The SMILES string of the molecule is C=C(OC)C(=O)OOC. The second kappa shape index (κ2) is 3.91. The van der Waals surface area contributed by atoms with E-state index in [9.17, 15) is 4.79 Å². The van der Waals surface area contributed by atoms with Crippen LogP contribution in [0, 0.1) is 0 Å². The van der Waals surface area contributed by atoms with E-state index in [1.165, 1.54) is 14.2 Å². The average molecular weight is 132 g/mol. The minimum absolute atomic E-state index is 0.0862. The highest BCUT2D eigenvalue weighted by atomic mass is 17.2. The Morgan fingerprint density at radius 1 is 1.44 bits per heavy atom. The summed E-state index contributed by atoms with van der Waals surface area (Å²) in [7, 11) is 2.54. The van der Waals surface area contributed by atoms with Gasteiger partial charge in [-0.1, -0.05) is 0 Å². The van der Waals surface area contributed by atoms with Crippen molar-refractivity contribution in [2.45, 2.75) is 0 Å². The van der Waals surface area contributed by atoms with Gasteiger partial charge in [-0.15, -0.1) is 0 Å². The summed E-state index contributed by atoms with van der Waals surface area (Å²) in [6.45, 7) is 3.21. The van der Waals surface area contributed by atoms with Crippen molar-refractivity contribution in [1.29, 1.82) is 0 Å². The minimum atomic E-state index is -0.722. The Hall–Kier alpha value is -1.03. The molecule has 0 unspecified atom stereocenters. The van der Waals surface area contributed by atoms with E-state index in [4.69, 9.17) is 0 Å². The average Bonchev–Trinajstić information content (AvgIpc) is 1.87. The van der Waals surface area contributed by atoms with Crippen LogP contribution >= 0.6 is 0 Å². The van der Waals surface area contributed by atoms with Crippen LogP contribution in [0.2, 0.25) is 0 Å². The predicted octanol–water partition coefficient (Wildman–Crippen LogP) is 0.251. The van der Waals surface area contributed by atoms with Crippen LogP contribution < -0.4 is 0 Å². The fraction of sp³-hybridized carbons (Fsp3) is 0.400. The molecule has 0 spiro atoms. The number of hydrogen-bond acceptors (Lipinski definition) is 4. The number of carbonyl (C=O) groups is 1. The highest BCUT2D eigenvalue weighted by Crippen LogP contribution is 1.93. The zero-order valence-corrected chi connectivity index (χ0v) is 5.34. The van der Waals surface area contributed by atoms with Crippen LogP contribution in [0.3, 0.4) is 0 Å². The Kier molecular flexibility index (Phi) is 3.46. The van der Waals surface area contributed by atoms with Gasteiger partial charge in [-0.25, -0.2) is 4.79 Å². The molecule has 0 aromatic heterocycles. The fourth-order valence-corrected chi connectivity index (χ4v) is 0.205. The van der Waals surface area contributed by atoms with E-state index in [0.717, 1.165) is 0 Å². The summed E-state index contributed by atoms with van der Waals surface area (Å²) in [5, 5.41) is 0. The van der Waals surface area contributed by atoms with Gasteiger partial charge in [0, 0.05) is 0 Å². The van der Waals surface area contributed by atoms with Gasteiger partial charge in [0.1, 0.15) is 0 Å². The third kappa shape index (κ3) is 2.71. The second-order valence-electron chi connectivity index (χ2n) is 1.16. The zero-order valence-electron chi connectivity index (χ0n) is 5.34. The largest absolute Gasteiger partial charge is 0.490 e. The van der Waals surface area contributed by atoms with Gasteiger partial charge in [0.05, 0.1) is 14.2 Å². The summed E-state index contributed by atoms with van der Waals surface area (Å²) in [4.78, 5) is 18.5. The lowest BCUT2D eigenvalue weighted by Crippen LogP contribution is -2.06. The molecule has 0 aliphatic rings. The smallest absolute Gasteiger partial charge is 0.406 e. The van der Waals surface area contributed by atoms with Gasteiger partial charge < -0.3 is 4.74 Å². The number of methoxy groups -OCH3 is 1. The minimum Gasteiger partial charge on any atom is -0.490 e. The van der Waals surface area contributed by atoms with Crippen LogP contribution in [-0.4, -0.2) is 20.2 Å². The van der Waals surface area contributed by atoms with Gasteiger partial charge >= 0.3 is 5.97 Å². The van der Waals surface area contributed by atoms with Crippen molar-refractivity contribution < 1.29 is 19.3 Å². The molecule has 0 aliphatic carbocycles. The normalized spacial score (nSPS) is 8.22. The molecule has 0 saturated heterocycles. The maximum Gasteiger partial charge on any atom is 0.406 e. The summed E-state index contributed by atoms with van der Waals surface area (Å²) in [6.07, 6.45) is 0. The molecule has 0 fully saturated rings. The van der Waals surface area contributed by atoms with Gasteiger partial charge in [0.15, 0.2) is 5.76 Å². The molecule has 0 aromatic carbocycles. The fourth-order valence-electron chi connectivity index (χ4n) is 0.205. The monoisotopic (exact) mass is 132 g/mol. The van der Waals surface area contributed by atoms with Crippen LogP contribution in [0.15, 0.2) is 12.3 Å². The molecule has 0 amide bonds. The first-order chi connectivity index (χ1) is 4.22. The van der Waals surface area contributed by atoms with E-state index in [0.29, 0.717) is 0 Å². The first-order valence-electron chi connectivity index (χ1n) is 2.20. The molecule has 0 N–H and O–H groups in total. The predicted molar refractivity (Wildman–Crippen MR) is 29.2 cm³/mol. The van der Waals surface area contributed by atoms with Crippen LogP contribution in [0.5, 0.6) is 0 Å². The maximum atomic E-state index is 10.4. The molecule has 0 bridgehead atoms. The van der Waals surface area contributed by atoms with E-state index < -0.39 is 5.97 Å². The van der Waals surface area contributed by atoms with E-state index in [2.05, 4.69) is 21.1 Å². The van der Waals surface area contributed by atoms with Gasteiger partial charge in [0.2, 0.25) is 0 Å². The van der Waals surface area contributed by atoms with E-state index >= 15 is 0 Å². The van der Waals surface area contributed by atoms with Crippen molar-refractivity contribution >= 4 is 5.97 Å². The molecule has 0 atom stereocenters. The summed E-state index contributed by atoms with van der Waals surface area (Å²) in [5.41, 5.74) is 0. The van der Waals surface area contributed by atoms with Crippen molar-refractivity contribution in [2.24, 2.45) is 0 Å². The molecule has 0 heterocycles. The van der Waals surface area contributed by atoms with Crippen LogP contribution in [0.25, 0.3) is 0 Å². The van der Waals surface area contributed by atoms with Crippen LogP contribution in [0.1, 0.15) is 0 Å². The molecule has 0 radical (unpaired) electrons. The number of rotatable bonds is 3. The lowest BCUT2D eigenvalue weighted by atomic mass is 10.6. The molecule has 0 aromatic rings. The Morgan fingerprint density at radius 2 is 2.00 bits per heavy atom. The lowest BCUT2D eigenvalue weighted by molar-refractivity contribution is -0.253. The van der Waals surface area contributed by atoms with Gasteiger partial charge in [-0.2, -0.15) is 4.89 Å². The van der Waals surface area contributed by atoms with Gasteiger partial charge in [-0.3, -0.25) is 4.89 Å². The molecule has 4 nitrogen and oxygen atoms in total. The Labute approximate surface area is 52.9 Å². The molecule has 9 heavy (non-hydrogen) atoms. The summed E-state index contributed by atoms with van der Waals surface area (Å²) >= 11 is 0. The standard InChI is InChI=1S/C5H8O4/c1-4(7-2)5(6)9-8-3/h1H2,2-3H3. The molecule has 0 aliphatic heterocycles. The van der Waals surface area contributed by atoms with Crippen LogP contribution in [-0.2, 0) is 19.3 Å². The molecule has 52 valence electrons. The molecule has 0 rings (SSSR count). The molecular weight excluding hydrogens is 124 g/mol. The van der Waals surface area contributed by atoms with Gasteiger partial charge in [-0.05, 0) is 6.58 Å². The highest BCUT2D eigenvalue weighted by molar-refractivity contribution is 5.84. The maximum absolute atomic E-state index is 10.4. The van der Waals surface area contributed by atoms with Crippen molar-refractivity contribution in [3.05, 3.63) is 12.3 Å². The number of carbonyl (C=O) groups excluding carboxylic acids is 1. The first kappa shape index (κ1) is 7.97. The number of hydrogen-bond donors (Lipinski definition) is 0.